The highest BCUT2D eigenvalue weighted by Crippen LogP contribution is 2.35. The Morgan fingerprint density at radius 2 is 1.73 bits per heavy atom. The van der Waals surface area contributed by atoms with Crippen LogP contribution in [-0.4, -0.2) is 43.0 Å². The largest absolute Gasteiger partial charge is 0.480 e. The number of para-hydroxylation sites is 2. The van der Waals surface area contributed by atoms with Gasteiger partial charge in [0.2, 0.25) is 0 Å². The maximum Gasteiger partial charge on any atom is 0.325 e. The van der Waals surface area contributed by atoms with Crippen LogP contribution in [-0.2, 0) is 22.2 Å². The normalized spacial score (nSPS) is 13.2. The SMILES string of the molecule is NC(Cc1nc2ccccc2nc1CCP(=O)(O)O)C(=O)O. The van der Waals surface area contributed by atoms with Crippen molar-refractivity contribution in [2.75, 3.05) is 6.16 Å². The van der Waals surface area contributed by atoms with Crippen LogP contribution in [0.3, 0.4) is 0 Å². The fraction of sp³-hybridized carbons (Fsp3) is 0.308. The van der Waals surface area contributed by atoms with E-state index in [1.807, 2.05) is 0 Å². The van der Waals surface area contributed by atoms with E-state index in [4.69, 9.17) is 20.6 Å². The van der Waals surface area contributed by atoms with Crippen molar-refractivity contribution in [2.45, 2.75) is 18.9 Å². The number of benzene rings is 1. The summed E-state index contributed by atoms with van der Waals surface area (Å²) >= 11 is 0. The van der Waals surface area contributed by atoms with E-state index in [0.29, 0.717) is 22.4 Å². The third-order valence-electron chi connectivity index (χ3n) is 3.10. The van der Waals surface area contributed by atoms with Crippen LogP contribution in [0.1, 0.15) is 11.4 Å². The van der Waals surface area contributed by atoms with E-state index in [0.717, 1.165) is 0 Å². The lowest BCUT2D eigenvalue weighted by molar-refractivity contribution is -0.138. The molecule has 2 aromatic rings. The number of aromatic nitrogens is 2. The number of carbonyl (C=O) groups is 1. The van der Waals surface area contributed by atoms with Gasteiger partial charge in [-0.1, -0.05) is 12.1 Å². The Morgan fingerprint density at radius 3 is 2.23 bits per heavy atom. The summed E-state index contributed by atoms with van der Waals surface area (Å²) in [5, 5.41) is 8.91. The summed E-state index contributed by atoms with van der Waals surface area (Å²) in [5.41, 5.74) is 7.39. The maximum absolute atomic E-state index is 11.0. The highest BCUT2D eigenvalue weighted by molar-refractivity contribution is 7.51. The lowest BCUT2D eigenvalue weighted by Gasteiger charge is -2.12. The van der Waals surface area contributed by atoms with E-state index in [-0.39, 0.29) is 19.0 Å². The van der Waals surface area contributed by atoms with E-state index < -0.39 is 19.6 Å². The molecule has 0 spiro atoms. The van der Waals surface area contributed by atoms with Crippen LogP contribution in [0, 0.1) is 0 Å². The Kier molecular flexibility index (Phi) is 4.87. The number of carboxylic acids is 1. The molecular formula is C13H16N3O5P. The summed E-state index contributed by atoms with van der Waals surface area (Å²) in [6.45, 7) is 0. The second kappa shape index (κ2) is 6.50. The summed E-state index contributed by atoms with van der Waals surface area (Å²) in [6, 6.07) is 5.85. The first-order valence-electron chi connectivity index (χ1n) is 6.54. The fourth-order valence-electron chi connectivity index (χ4n) is 1.98. The summed E-state index contributed by atoms with van der Waals surface area (Å²) in [6.07, 6.45) is -0.428. The molecule has 1 aromatic heterocycles. The maximum atomic E-state index is 11.0. The van der Waals surface area contributed by atoms with Gasteiger partial charge in [0.1, 0.15) is 6.04 Å². The van der Waals surface area contributed by atoms with Crippen molar-refractivity contribution < 1.29 is 24.3 Å². The topological polar surface area (TPSA) is 147 Å². The van der Waals surface area contributed by atoms with Gasteiger partial charge in [-0.2, -0.15) is 0 Å². The molecular weight excluding hydrogens is 309 g/mol. The van der Waals surface area contributed by atoms with Crippen molar-refractivity contribution in [3.8, 4) is 0 Å². The molecule has 1 unspecified atom stereocenters. The van der Waals surface area contributed by atoms with E-state index in [1.54, 1.807) is 24.3 Å². The quantitative estimate of drug-likeness (QED) is 0.555. The van der Waals surface area contributed by atoms with Crippen LogP contribution in [0.5, 0.6) is 0 Å². The third-order valence-corrected chi connectivity index (χ3v) is 3.90. The van der Waals surface area contributed by atoms with Crippen LogP contribution in [0.4, 0.5) is 0 Å². The molecule has 0 aliphatic rings. The molecule has 0 saturated heterocycles. The van der Waals surface area contributed by atoms with Gasteiger partial charge >= 0.3 is 13.6 Å². The third kappa shape index (κ3) is 4.32. The monoisotopic (exact) mass is 325 g/mol. The van der Waals surface area contributed by atoms with Crippen molar-refractivity contribution in [1.82, 2.24) is 9.97 Å². The highest BCUT2D eigenvalue weighted by atomic mass is 31.2. The Balaban J connectivity index is 2.40. The van der Waals surface area contributed by atoms with Gasteiger partial charge in [-0.05, 0) is 12.1 Å². The number of hydrogen-bond donors (Lipinski definition) is 4. The van der Waals surface area contributed by atoms with E-state index >= 15 is 0 Å². The van der Waals surface area contributed by atoms with Gasteiger partial charge in [0.25, 0.3) is 0 Å². The number of aryl methyl sites for hydroxylation is 1. The minimum absolute atomic E-state index is 0.00375. The summed E-state index contributed by atoms with van der Waals surface area (Å²) in [5.74, 6) is -1.17. The summed E-state index contributed by atoms with van der Waals surface area (Å²) in [4.78, 5) is 37.6. The second-order valence-electron chi connectivity index (χ2n) is 4.89. The zero-order valence-corrected chi connectivity index (χ0v) is 12.5. The highest BCUT2D eigenvalue weighted by Gasteiger charge is 2.20. The number of carboxylic acid groups (broad SMARTS) is 1. The molecule has 1 heterocycles. The molecule has 22 heavy (non-hydrogen) atoms. The van der Waals surface area contributed by atoms with Crippen LogP contribution in [0.2, 0.25) is 0 Å². The molecule has 0 aliphatic heterocycles. The van der Waals surface area contributed by atoms with Gasteiger partial charge in [0.15, 0.2) is 0 Å². The van der Waals surface area contributed by atoms with Crippen LogP contribution in [0.15, 0.2) is 24.3 Å². The average Bonchev–Trinajstić information content (AvgIpc) is 2.44. The molecule has 0 radical (unpaired) electrons. The standard InChI is InChI=1S/C13H16N3O5P/c14-8(13(17)18)7-12-11(5-6-22(19,20)21)15-9-3-1-2-4-10(9)16-12/h1-4,8H,5-7,14H2,(H,17,18)(H2,19,20,21). The van der Waals surface area contributed by atoms with Crippen molar-refractivity contribution in [2.24, 2.45) is 5.73 Å². The first-order chi connectivity index (χ1) is 10.3. The van der Waals surface area contributed by atoms with Crippen molar-refractivity contribution >= 4 is 24.6 Å². The molecule has 0 saturated carbocycles. The first kappa shape index (κ1) is 16.5. The molecule has 9 heteroatoms. The fourth-order valence-corrected chi connectivity index (χ4v) is 2.49. The van der Waals surface area contributed by atoms with Gasteiger partial charge in [0.05, 0.1) is 28.6 Å². The van der Waals surface area contributed by atoms with Crippen LogP contribution < -0.4 is 5.73 Å². The Bertz CT molecular complexity index is 746. The number of aliphatic carboxylic acids is 1. The second-order valence-corrected chi connectivity index (χ2v) is 6.67. The van der Waals surface area contributed by atoms with Gasteiger partial charge in [-0.25, -0.2) is 9.97 Å². The smallest absolute Gasteiger partial charge is 0.325 e. The molecule has 0 amide bonds. The Hall–Kier alpha value is -1.86. The molecule has 1 aromatic carbocycles. The molecule has 118 valence electrons. The lowest BCUT2D eigenvalue weighted by Crippen LogP contribution is -2.33. The average molecular weight is 325 g/mol. The predicted octanol–water partition coefficient (Wildman–Crippen LogP) is 0.304. The van der Waals surface area contributed by atoms with Gasteiger partial charge in [0, 0.05) is 12.8 Å². The zero-order valence-electron chi connectivity index (χ0n) is 11.6. The molecule has 0 aliphatic carbocycles. The summed E-state index contributed by atoms with van der Waals surface area (Å²) < 4.78 is 11.0. The molecule has 0 bridgehead atoms. The van der Waals surface area contributed by atoms with Gasteiger partial charge in [-0.3, -0.25) is 9.36 Å². The molecule has 2 rings (SSSR count). The lowest BCUT2D eigenvalue weighted by atomic mass is 10.1. The van der Waals surface area contributed by atoms with Crippen LogP contribution >= 0.6 is 7.60 Å². The minimum Gasteiger partial charge on any atom is -0.480 e. The van der Waals surface area contributed by atoms with E-state index in [1.165, 1.54) is 0 Å². The minimum atomic E-state index is -4.18. The van der Waals surface area contributed by atoms with E-state index in [9.17, 15) is 9.36 Å². The van der Waals surface area contributed by atoms with Crippen molar-refractivity contribution in [3.63, 3.8) is 0 Å². The number of hydrogen-bond acceptors (Lipinski definition) is 5. The number of fused-ring (bicyclic) bond motifs is 1. The predicted molar refractivity (Wildman–Crippen MR) is 79.5 cm³/mol. The molecule has 5 N–H and O–H groups in total. The van der Waals surface area contributed by atoms with Crippen molar-refractivity contribution in [1.29, 1.82) is 0 Å². The molecule has 0 fully saturated rings. The number of nitrogens with two attached hydrogens (primary N) is 1. The number of nitrogens with zero attached hydrogens (tertiary/aromatic N) is 2. The van der Waals surface area contributed by atoms with Gasteiger partial charge in [-0.15, -0.1) is 0 Å². The zero-order chi connectivity index (χ0) is 16.3. The Morgan fingerprint density at radius 1 is 1.18 bits per heavy atom. The molecule has 1 atom stereocenters. The van der Waals surface area contributed by atoms with Crippen molar-refractivity contribution in [3.05, 3.63) is 35.7 Å². The first-order valence-corrected chi connectivity index (χ1v) is 8.33. The Labute approximate surface area is 126 Å². The van der Waals surface area contributed by atoms with Gasteiger partial charge < -0.3 is 20.6 Å². The van der Waals surface area contributed by atoms with E-state index in [2.05, 4.69) is 9.97 Å². The van der Waals surface area contributed by atoms with Crippen LogP contribution in [0.25, 0.3) is 11.0 Å². The number of rotatable bonds is 6. The molecule has 8 nitrogen and oxygen atoms in total. The summed E-state index contributed by atoms with van der Waals surface area (Å²) in [7, 11) is -4.18.